The monoisotopic (exact) mass is 418 g/mol. The Balaban J connectivity index is 1.91. The third-order valence-electron chi connectivity index (χ3n) is 5.22. The topological polar surface area (TPSA) is 83.8 Å². The van der Waals surface area contributed by atoms with Gasteiger partial charge in [0.2, 0.25) is 5.91 Å². The van der Waals surface area contributed by atoms with E-state index in [2.05, 4.69) is 23.8 Å². The average molecular weight is 419 g/mol. The molecule has 1 saturated carbocycles. The molecule has 0 saturated heterocycles. The van der Waals surface area contributed by atoms with Crippen LogP contribution in [0, 0.1) is 5.92 Å². The highest BCUT2D eigenvalue weighted by atomic mass is 32.2. The lowest BCUT2D eigenvalue weighted by Crippen LogP contribution is -2.21. The van der Waals surface area contributed by atoms with Gasteiger partial charge < -0.3 is 16.0 Å². The Bertz CT molecular complexity index is 1250. The molecule has 0 bridgehead atoms. The van der Waals surface area contributed by atoms with Gasteiger partial charge in [-0.1, -0.05) is 25.6 Å². The van der Waals surface area contributed by atoms with Crippen molar-refractivity contribution in [3.05, 3.63) is 52.8 Å². The number of fused-ring (bicyclic) bond motifs is 1. The Kier molecular flexibility index (Phi) is 5.68. The van der Waals surface area contributed by atoms with Crippen molar-refractivity contribution in [2.75, 3.05) is 11.1 Å². The molecule has 4 N–H and O–H groups in total. The first kappa shape index (κ1) is 20.3. The molecule has 0 unspecified atom stereocenters. The number of aromatic amines is 1. The minimum atomic E-state index is 0.101. The molecule has 1 aliphatic rings. The van der Waals surface area contributed by atoms with Crippen LogP contribution >= 0.6 is 11.8 Å². The number of nitrogens with zero attached hydrogens (tertiary/aromatic N) is 1. The lowest BCUT2D eigenvalue weighted by molar-refractivity contribution is -0.117. The first-order valence-electron chi connectivity index (χ1n) is 10.2. The number of benzene rings is 1. The predicted molar refractivity (Wildman–Crippen MR) is 126 cm³/mol. The van der Waals surface area contributed by atoms with Gasteiger partial charge in [-0.15, -0.1) is 11.8 Å². The van der Waals surface area contributed by atoms with Crippen LogP contribution in [0.15, 0.2) is 47.3 Å². The summed E-state index contributed by atoms with van der Waals surface area (Å²) in [5.41, 5.74) is 10.5. The highest BCUT2D eigenvalue weighted by Gasteiger charge is 2.29. The normalized spacial score (nSPS) is 15.0. The Morgan fingerprint density at radius 3 is 2.93 bits per heavy atom. The van der Waals surface area contributed by atoms with Crippen molar-refractivity contribution < 1.29 is 4.79 Å². The van der Waals surface area contributed by atoms with E-state index >= 15 is 0 Å². The zero-order chi connectivity index (χ0) is 21.3. The van der Waals surface area contributed by atoms with E-state index in [1.807, 2.05) is 43.5 Å². The molecule has 6 heteroatoms. The van der Waals surface area contributed by atoms with Gasteiger partial charge in [-0.3, -0.25) is 4.79 Å². The fourth-order valence-electron chi connectivity index (χ4n) is 3.51. The Morgan fingerprint density at radius 2 is 2.23 bits per heavy atom. The molecular formula is C24H26N4OS. The SMILES string of the molecule is C=c1[nH]c2c(SCC)ncc(-c3cccc(NC(=O)C4CC4)c3)c2/c1=C/C(C)=C\N. The van der Waals surface area contributed by atoms with Crippen LogP contribution < -0.4 is 21.6 Å². The van der Waals surface area contributed by atoms with Gasteiger partial charge in [-0.05, 0) is 61.1 Å². The van der Waals surface area contributed by atoms with Crippen LogP contribution in [0.2, 0.25) is 0 Å². The Hall–Kier alpha value is -2.99. The highest BCUT2D eigenvalue weighted by Crippen LogP contribution is 2.33. The van der Waals surface area contributed by atoms with Gasteiger partial charge in [0.25, 0.3) is 0 Å². The van der Waals surface area contributed by atoms with Gasteiger partial charge in [0.1, 0.15) is 5.03 Å². The number of anilines is 1. The summed E-state index contributed by atoms with van der Waals surface area (Å²) < 4.78 is 0. The van der Waals surface area contributed by atoms with Crippen LogP contribution in [0.4, 0.5) is 5.69 Å². The summed E-state index contributed by atoms with van der Waals surface area (Å²) >= 11 is 1.70. The van der Waals surface area contributed by atoms with Crippen LogP contribution in [-0.2, 0) is 4.79 Å². The molecule has 1 fully saturated rings. The number of H-pyrrole nitrogens is 1. The van der Waals surface area contributed by atoms with E-state index in [1.54, 1.807) is 18.0 Å². The summed E-state index contributed by atoms with van der Waals surface area (Å²) in [6.07, 6.45) is 7.51. The molecule has 2 heterocycles. The van der Waals surface area contributed by atoms with Crippen molar-refractivity contribution in [3.8, 4) is 11.1 Å². The number of nitrogens with two attached hydrogens (primary N) is 1. The van der Waals surface area contributed by atoms with Crippen molar-refractivity contribution in [1.29, 1.82) is 0 Å². The van der Waals surface area contributed by atoms with Gasteiger partial charge in [-0.2, -0.15) is 0 Å². The summed E-state index contributed by atoms with van der Waals surface area (Å²) in [7, 11) is 0. The lowest BCUT2D eigenvalue weighted by atomic mass is 10.0. The molecule has 0 atom stereocenters. The quantitative estimate of drug-likeness (QED) is 0.533. The standard InChI is InChI=1S/C24H26N4OS/c1-4-30-24-22-21(19(15(3)27-22)10-14(2)12-25)20(13-26-24)17-6-5-7-18(11-17)28-23(29)16-8-9-16/h5-7,10-13,16,27H,3-4,8-9,25H2,1-2H3,(H,28,29)/b14-12-,19-10+. The first-order chi connectivity index (χ1) is 14.5. The maximum Gasteiger partial charge on any atom is 0.227 e. The number of rotatable bonds is 6. The summed E-state index contributed by atoms with van der Waals surface area (Å²) in [4.78, 5) is 20.3. The van der Waals surface area contributed by atoms with Crippen LogP contribution in [0.1, 0.15) is 26.7 Å². The predicted octanol–water partition coefficient (Wildman–Crippen LogP) is 3.74. The first-order valence-corrected chi connectivity index (χ1v) is 11.1. The zero-order valence-electron chi connectivity index (χ0n) is 17.3. The molecule has 1 amide bonds. The number of nitrogens with one attached hydrogen (secondary N) is 2. The molecule has 0 aliphatic heterocycles. The maximum absolute atomic E-state index is 12.2. The fourth-order valence-corrected chi connectivity index (χ4v) is 4.21. The second-order valence-electron chi connectivity index (χ2n) is 7.58. The highest BCUT2D eigenvalue weighted by molar-refractivity contribution is 7.99. The number of hydrogen-bond acceptors (Lipinski definition) is 4. The molecule has 30 heavy (non-hydrogen) atoms. The van der Waals surface area contributed by atoms with Crippen molar-refractivity contribution in [2.45, 2.75) is 31.7 Å². The molecule has 0 spiro atoms. The summed E-state index contributed by atoms with van der Waals surface area (Å²) in [5.74, 6) is 1.19. The van der Waals surface area contributed by atoms with E-state index in [0.717, 1.165) is 67.5 Å². The van der Waals surface area contributed by atoms with Gasteiger partial charge in [-0.25, -0.2) is 4.98 Å². The number of carbonyl (C=O) groups excluding carboxylic acids is 1. The number of thioether (sulfide) groups is 1. The Morgan fingerprint density at radius 1 is 1.43 bits per heavy atom. The number of pyridine rings is 1. The molecule has 3 aromatic rings. The fraction of sp³-hybridized carbons (Fsp3) is 0.250. The lowest BCUT2D eigenvalue weighted by Gasteiger charge is -2.10. The van der Waals surface area contributed by atoms with E-state index in [-0.39, 0.29) is 11.8 Å². The van der Waals surface area contributed by atoms with Gasteiger partial charge in [0.05, 0.1) is 5.52 Å². The smallest absolute Gasteiger partial charge is 0.227 e. The number of allylic oxidation sites excluding steroid dienone is 1. The molecule has 1 aromatic carbocycles. The number of aromatic nitrogens is 2. The van der Waals surface area contributed by atoms with E-state index in [0.29, 0.717) is 0 Å². The van der Waals surface area contributed by atoms with Gasteiger partial charge >= 0.3 is 0 Å². The zero-order valence-corrected chi connectivity index (χ0v) is 18.1. The largest absolute Gasteiger partial charge is 0.404 e. The second kappa shape index (κ2) is 8.40. The van der Waals surface area contributed by atoms with Gasteiger partial charge in [0, 0.05) is 39.3 Å². The third kappa shape index (κ3) is 4.00. The van der Waals surface area contributed by atoms with Crippen LogP contribution in [0.3, 0.4) is 0 Å². The second-order valence-corrected chi connectivity index (χ2v) is 8.83. The van der Waals surface area contributed by atoms with Crippen LogP contribution in [0.5, 0.6) is 0 Å². The van der Waals surface area contributed by atoms with Crippen molar-refractivity contribution in [1.82, 2.24) is 9.97 Å². The van der Waals surface area contributed by atoms with Crippen molar-refractivity contribution >= 4 is 46.9 Å². The van der Waals surface area contributed by atoms with E-state index in [1.165, 1.54) is 0 Å². The summed E-state index contributed by atoms with van der Waals surface area (Å²) in [6.45, 7) is 8.29. The van der Waals surface area contributed by atoms with Crippen molar-refractivity contribution in [2.24, 2.45) is 11.7 Å². The number of carbonyl (C=O) groups is 1. The molecule has 154 valence electrons. The molecule has 5 nitrogen and oxygen atoms in total. The van der Waals surface area contributed by atoms with Crippen molar-refractivity contribution in [3.63, 3.8) is 0 Å². The molecule has 2 aromatic heterocycles. The molecule has 4 rings (SSSR count). The number of hydrogen-bond donors (Lipinski definition) is 3. The third-order valence-corrected chi connectivity index (χ3v) is 6.09. The minimum absolute atomic E-state index is 0.101. The van der Waals surface area contributed by atoms with Crippen LogP contribution in [0.25, 0.3) is 34.7 Å². The van der Waals surface area contributed by atoms with Gasteiger partial charge in [0.15, 0.2) is 0 Å². The number of amides is 1. The maximum atomic E-state index is 12.2. The van der Waals surface area contributed by atoms with Crippen LogP contribution in [-0.4, -0.2) is 21.6 Å². The molecule has 0 radical (unpaired) electrons. The molecule has 1 aliphatic carbocycles. The van der Waals surface area contributed by atoms with E-state index < -0.39 is 0 Å². The van der Waals surface area contributed by atoms with E-state index in [9.17, 15) is 4.79 Å². The summed E-state index contributed by atoms with van der Waals surface area (Å²) in [6, 6.07) is 7.94. The minimum Gasteiger partial charge on any atom is -0.404 e. The van der Waals surface area contributed by atoms with E-state index in [4.69, 9.17) is 10.7 Å². The average Bonchev–Trinajstić information content (AvgIpc) is 3.54. The Labute approximate surface area is 180 Å². The molecular weight excluding hydrogens is 392 g/mol. The summed E-state index contributed by atoms with van der Waals surface area (Å²) in [5, 5.41) is 6.89.